The van der Waals surface area contributed by atoms with Crippen LogP contribution in [0.1, 0.15) is 34.8 Å². The van der Waals surface area contributed by atoms with E-state index in [1.54, 1.807) is 26.0 Å². The van der Waals surface area contributed by atoms with Crippen LogP contribution in [-0.4, -0.2) is 32.3 Å². The molecule has 3 aromatic carbocycles. The summed E-state index contributed by atoms with van der Waals surface area (Å²) in [7, 11) is 0. The van der Waals surface area contributed by atoms with Crippen molar-refractivity contribution in [1.29, 1.82) is 0 Å². The minimum absolute atomic E-state index is 0.0859. The van der Waals surface area contributed by atoms with Crippen LogP contribution in [0.25, 0.3) is 22.5 Å². The Hall–Kier alpha value is -5.51. The number of aryl methyl sites for hydroxylation is 1. The molecule has 1 atom stereocenters. The van der Waals surface area contributed by atoms with E-state index in [-0.39, 0.29) is 11.6 Å². The normalized spacial score (nSPS) is 11.4. The molecule has 0 radical (unpaired) electrons. The number of rotatable bonds is 8. The minimum atomic E-state index is -1.22. The summed E-state index contributed by atoms with van der Waals surface area (Å²) < 4.78 is 16.7. The molecule has 5 aromatic rings. The lowest BCUT2D eigenvalue weighted by Gasteiger charge is -2.14. The Morgan fingerprint density at radius 2 is 1.50 bits per heavy atom. The molecular weight excluding hydrogens is 512 g/mol. The highest BCUT2D eigenvalue weighted by Gasteiger charge is 2.20. The number of nitrogens with zero attached hydrogens (tertiary/aromatic N) is 3. The molecule has 0 aliphatic carbocycles. The first-order valence-corrected chi connectivity index (χ1v) is 12.3. The Kier molecular flexibility index (Phi) is 7.49. The summed E-state index contributed by atoms with van der Waals surface area (Å²) in [5.74, 6) is -0.476. The van der Waals surface area contributed by atoms with Gasteiger partial charge in [-0.3, -0.25) is 5.32 Å². The number of nitrogens with one attached hydrogen (secondary N) is 1. The SMILES string of the molecule is Cc1noc(-c2ccc(-c3ccc(Oc4nccnc4C(=O)O)cc3)cc2)c1NC(=O)OC(C)c1ccccc1. The predicted molar refractivity (Wildman–Crippen MR) is 146 cm³/mol. The van der Waals surface area contributed by atoms with Crippen LogP contribution in [0.2, 0.25) is 0 Å². The molecule has 1 amide bonds. The fourth-order valence-corrected chi connectivity index (χ4v) is 3.99. The van der Waals surface area contributed by atoms with Crippen molar-refractivity contribution in [3.05, 3.63) is 108 Å². The van der Waals surface area contributed by atoms with Gasteiger partial charge in [0.15, 0.2) is 5.76 Å². The fraction of sp³-hybridized carbons (Fsp3) is 0.100. The van der Waals surface area contributed by atoms with E-state index in [4.69, 9.17) is 14.0 Å². The molecule has 40 heavy (non-hydrogen) atoms. The molecule has 2 N–H and O–H groups in total. The largest absolute Gasteiger partial charge is 0.476 e. The minimum Gasteiger partial charge on any atom is -0.476 e. The zero-order valence-corrected chi connectivity index (χ0v) is 21.6. The van der Waals surface area contributed by atoms with Gasteiger partial charge in [0.1, 0.15) is 23.2 Å². The molecule has 2 heterocycles. The van der Waals surface area contributed by atoms with Crippen LogP contribution in [0, 0.1) is 6.92 Å². The Bertz CT molecular complexity index is 1630. The molecule has 10 nitrogen and oxygen atoms in total. The van der Waals surface area contributed by atoms with Crippen LogP contribution in [0.4, 0.5) is 10.5 Å². The topological polar surface area (TPSA) is 137 Å². The predicted octanol–water partition coefficient (Wildman–Crippen LogP) is 6.91. The number of amides is 1. The van der Waals surface area contributed by atoms with E-state index in [0.717, 1.165) is 22.3 Å². The standard InChI is InChI=1S/C30H24N4O6/c1-18-25(33-30(37)38-19(2)20-6-4-3-5-7-20)27(40-34-18)23-10-8-21(9-11-23)22-12-14-24(15-13-22)39-28-26(29(35)36)31-16-17-32-28/h3-17,19H,1-2H3,(H,33,37)(H,35,36). The number of benzene rings is 3. The number of hydrogen-bond acceptors (Lipinski definition) is 8. The van der Waals surface area contributed by atoms with Gasteiger partial charge in [-0.25, -0.2) is 19.6 Å². The van der Waals surface area contributed by atoms with Crippen molar-refractivity contribution < 1.29 is 28.7 Å². The fourth-order valence-electron chi connectivity index (χ4n) is 3.99. The van der Waals surface area contributed by atoms with Crippen molar-refractivity contribution in [2.45, 2.75) is 20.0 Å². The number of aromatic carboxylic acids is 1. The summed E-state index contributed by atoms with van der Waals surface area (Å²) in [5.41, 5.74) is 4.12. The van der Waals surface area contributed by atoms with Crippen molar-refractivity contribution in [2.75, 3.05) is 5.32 Å². The molecule has 0 saturated heterocycles. The lowest BCUT2D eigenvalue weighted by Crippen LogP contribution is -2.16. The second-order valence-electron chi connectivity index (χ2n) is 8.77. The molecular formula is C30H24N4O6. The highest BCUT2D eigenvalue weighted by Crippen LogP contribution is 2.33. The summed E-state index contributed by atoms with van der Waals surface area (Å²) in [4.78, 5) is 31.7. The highest BCUT2D eigenvalue weighted by atomic mass is 16.6. The Labute approximate surface area is 229 Å². The molecule has 0 bridgehead atoms. The second kappa shape index (κ2) is 11.5. The smallest absolute Gasteiger partial charge is 0.412 e. The van der Waals surface area contributed by atoms with Gasteiger partial charge in [0.05, 0.1) is 0 Å². The van der Waals surface area contributed by atoms with E-state index in [9.17, 15) is 14.7 Å². The first-order chi connectivity index (χ1) is 19.4. The van der Waals surface area contributed by atoms with Crippen LogP contribution in [-0.2, 0) is 4.74 Å². The Balaban J connectivity index is 1.28. The Morgan fingerprint density at radius 3 is 2.17 bits per heavy atom. The second-order valence-corrected chi connectivity index (χ2v) is 8.77. The van der Waals surface area contributed by atoms with Gasteiger partial charge < -0.3 is 19.1 Å². The van der Waals surface area contributed by atoms with E-state index in [1.807, 2.05) is 66.7 Å². The maximum atomic E-state index is 12.6. The average molecular weight is 537 g/mol. The summed E-state index contributed by atoms with van der Waals surface area (Å²) in [5, 5.41) is 16.0. The molecule has 0 fully saturated rings. The molecule has 5 rings (SSSR count). The lowest BCUT2D eigenvalue weighted by atomic mass is 10.0. The van der Waals surface area contributed by atoms with Crippen LogP contribution in [0.5, 0.6) is 11.6 Å². The maximum Gasteiger partial charge on any atom is 0.412 e. The zero-order valence-electron chi connectivity index (χ0n) is 21.6. The van der Waals surface area contributed by atoms with E-state index < -0.39 is 18.2 Å². The number of carboxylic acids is 1. The third-order valence-electron chi connectivity index (χ3n) is 6.06. The molecule has 2 aromatic heterocycles. The van der Waals surface area contributed by atoms with Crippen LogP contribution >= 0.6 is 0 Å². The average Bonchev–Trinajstić information content (AvgIpc) is 3.33. The molecule has 0 saturated carbocycles. The number of carboxylic acid groups (broad SMARTS) is 1. The third-order valence-corrected chi connectivity index (χ3v) is 6.06. The van der Waals surface area contributed by atoms with Crippen molar-refractivity contribution in [3.8, 4) is 34.1 Å². The summed E-state index contributed by atoms with van der Waals surface area (Å²) in [6, 6.07) is 24.1. The van der Waals surface area contributed by atoms with Crippen molar-refractivity contribution in [1.82, 2.24) is 15.1 Å². The number of carbonyl (C=O) groups is 2. The van der Waals surface area contributed by atoms with Crippen LogP contribution in [0.15, 0.2) is 95.8 Å². The van der Waals surface area contributed by atoms with Crippen molar-refractivity contribution in [3.63, 3.8) is 0 Å². The first kappa shape index (κ1) is 26.1. The van der Waals surface area contributed by atoms with Gasteiger partial charge in [0.2, 0.25) is 5.69 Å². The summed E-state index contributed by atoms with van der Waals surface area (Å²) in [6.07, 6.45) is 1.61. The first-order valence-electron chi connectivity index (χ1n) is 12.3. The molecule has 10 heteroatoms. The quantitative estimate of drug-likeness (QED) is 0.217. The highest BCUT2D eigenvalue weighted by molar-refractivity contribution is 5.91. The van der Waals surface area contributed by atoms with Gasteiger partial charge in [-0.2, -0.15) is 0 Å². The Morgan fingerprint density at radius 1 is 0.875 bits per heavy atom. The molecule has 0 spiro atoms. The van der Waals surface area contributed by atoms with Crippen LogP contribution < -0.4 is 10.1 Å². The van der Waals surface area contributed by atoms with Crippen molar-refractivity contribution >= 4 is 17.7 Å². The van der Waals surface area contributed by atoms with E-state index in [2.05, 4.69) is 20.4 Å². The summed E-state index contributed by atoms with van der Waals surface area (Å²) >= 11 is 0. The van der Waals surface area contributed by atoms with E-state index in [0.29, 0.717) is 22.9 Å². The lowest BCUT2D eigenvalue weighted by molar-refractivity contribution is 0.0686. The molecule has 0 aliphatic heterocycles. The molecule has 0 aliphatic rings. The molecule has 200 valence electrons. The number of ether oxygens (including phenoxy) is 2. The monoisotopic (exact) mass is 536 g/mol. The van der Waals surface area contributed by atoms with Crippen LogP contribution in [0.3, 0.4) is 0 Å². The number of carbonyl (C=O) groups excluding carboxylic acids is 1. The number of hydrogen-bond donors (Lipinski definition) is 2. The van der Waals surface area contributed by atoms with Gasteiger partial charge in [-0.15, -0.1) is 0 Å². The van der Waals surface area contributed by atoms with Gasteiger partial charge in [0.25, 0.3) is 5.88 Å². The van der Waals surface area contributed by atoms with Gasteiger partial charge >= 0.3 is 12.1 Å². The summed E-state index contributed by atoms with van der Waals surface area (Å²) in [6.45, 7) is 3.54. The molecule has 1 unspecified atom stereocenters. The van der Waals surface area contributed by atoms with Crippen molar-refractivity contribution in [2.24, 2.45) is 0 Å². The van der Waals surface area contributed by atoms with E-state index in [1.165, 1.54) is 12.4 Å². The van der Waals surface area contributed by atoms with Gasteiger partial charge in [-0.1, -0.05) is 71.9 Å². The maximum absolute atomic E-state index is 12.6. The number of anilines is 1. The van der Waals surface area contributed by atoms with Gasteiger partial charge in [-0.05, 0) is 42.7 Å². The van der Waals surface area contributed by atoms with Gasteiger partial charge in [0, 0.05) is 18.0 Å². The zero-order chi connectivity index (χ0) is 28.1. The van der Waals surface area contributed by atoms with E-state index >= 15 is 0 Å². The third kappa shape index (κ3) is 5.81. The number of aromatic nitrogens is 3.